The number of carbonyl (C=O) groups is 1. The van der Waals surface area contributed by atoms with Gasteiger partial charge in [0.15, 0.2) is 11.3 Å². The van der Waals surface area contributed by atoms with E-state index >= 15 is 0 Å². The van der Waals surface area contributed by atoms with E-state index in [1.807, 2.05) is 72.8 Å². The lowest BCUT2D eigenvalue weighted by molar-refractivity contribution is 0.0687. The second-order valence-corrected chi connectivity index (χ2v) is 7.56. The van der Waals surface area contributed by atoms with Crippen LogP contribution in [0.3, 0.4) is 0 Å². The van der Waals surface area contributed by atoms with Crippen molar-refractivity contribution in [1.29, 1.82) is 0 Å². The van der Waals surface area contributed by atoms with E-state index in [1.165, 1.54) is 5.38 Å². The van der Waals surface area contributed by atoms with Crippen molar-refractivity contribution in [2.24, 2.45) is 0 Å². The van der Waals surface area contributed by atoms with Crippen molar-refractivity contribution in [1.82, 2.24) is 4.98 Å². The molecule has 0 fully saturated rings. The summed E-state index contributed by atoms with van der Waals surface area (Å²) in [5.74, 6) is 0.114. The van der Waals surface area contributed by atoms with Gasteiger partial charge in [-0.25, -0.2) is 9.78 Å². The average molecular weight is 401 g/mol. The number of aromatic carboxylic acids is 1. The predicted molar refractivity (Wildman–Crippen MR) is 110 cm³/mol. The van der Waals surface area contributed by atoms with Gasteiger partial charge in [0.2, 0.25) is 0 Å². The molecule has 2 bridgehead atoms. The number of nitrogens with zero attached hydrogens (tertiary/aromatic N) is 1. The molecule has 0 amide bonds. The molecule has 1 aromatic heterocycles. The van der Waals surface area contributed by atoms with Crippen LogP contribution in [0, 0.1) is 0 Å². The summed E-state index contributed by atoms with van der Waals surface area (Å²) in [6.45, 7) is 0. The molecule has 2 aliphatic carbocycles. The van der Waals surface area contributed by atoms with Crippen molar-refractivity contribution in [3.63, 3.8) is 0 Å². The molecular formula is C23H15NO4S. The summed E-state index contributed by atoms with van der Waals surface area (Å²) in [7, 11) is 0. The number of benzene rings is 2. The largest absolute Gasteiger partial charge is 0.476 e. The van der Waals surface area contributed by atoms with Crippen LogP contribution in [-0.2, 0) is 5.60 Å². The zero-order valence-corrected chi connectivity index (χ0v) is 15.9. The molecule has 1 unspecified atom stereocenters. The first kappa shape index (κ1) is 17.6. The van der Waals surface area contributed by atoms with Gasteiger partial charge in [-0.1, -0.05) is 60.7 Å². The van der Waals surface area contributed by atoms with Gasteiger partial charge in [0.05, 0.1) is 0 Å². The van der Waals surface area contributed by atoms with Crippen molar-refractivity contribution in [3.8, 4) is 5.75 Å². The molecule has 0 radical (unpaired) electrons. The third-order valence-electron chi connectivity index (χ3n) is 4.99. The zero-order valence-electron chi connectivity index (χ0n) is 15.1. The number of thiazole rings is 1. The molecule has 0 aliphatic heterocycles. The third kappa shape index (κ3) is 2.65. The Morgan fingerprint density at radius 2 is 1.69 bits per heavy atom. The molecule has 142 valence electrons. The number of aromatic nitrogens is 1. The number of hydrogen-bond donors (Lipinski definition) is 2. The van der Waals surface area contributed by atoms with Crippen LogP contribution in [0.15, 0.2) is 95.1 Å². The van der Waals surface area contributed by atoms with E-state index in [9.17, 15) is 15.0 Å². The Kier molecular flexibility index (Phi) is 3.97. The monoisotopic (exact) mass is 401 g/mol. The normalized spacial score (nSPS) is 19.9. The average Bonchev–Trinajstić information content (AvgIpc) is 3.26. The SMILES string of the molecule is O=C(O)c1csc(C2(O)c3ccc(-c4ccccc4)c2c3Oc2ccccc2)n1. The first-order valence-electron chi connectivity index (χ1n) is 8.97. The fraction of sp³-hybridized carbons (Fsp3) is 0.0435. The van der Waals surface area contributed by atoms with Gasteiger partial charge in [0.25, 0.3) is 0 Å². The van der Waals surface area contributed by atoms with Crippen LogP contribution in [0.25, 0.3) is 5.57 Å². The van der Waals surface area contributed by atoms with Crippen LogP contribution in [-0.4, -0.2) is 21.2 Å². The molecule has 5 rings (SSSR count). The van der Waals surface area contributed by atoms with Gasteiger partial charge < -0.3 is 14.9 Å². The number of carboxylic acid groups (broad SMARTS) is 1. The van der Waals surface area contributed by atoms with Crippen molar-refractivity contribution in [2.45, 2.75) is 5.60 Å². The van der Waals surface area contributed by atoms with Crippen LogP contribution in [0.4, 0.5) is 0 Å². The third-order valence-corrected chi connectivity index (χ3v) is 5.94. The molecule has 2 aromatic carbocycles. The number of ether oxygens (including phenoxy) is 1. The van der Waals surface area contributed by atoms with E-state index < -0.39 is 11.6 Å². The van der Waals surface area contributed by atoms with Gasteiger partial charge in [0.1, 0.15) is 16.5 Å². The van der Waals surface area contributed by atoms with Gasteiger partial charge >= 0.3 is 5.97 Å². The smallest absolute Gasteiger partial charge is 0.355 e. The Labute approximate surface area is 170 Å². The summed E-state index contributed by atoms with van der Waals surface area (Å²) in [6, 6.07) is 19.1. The van der Waals surface area contributed by atoms with E-state index in [1.54, 1.807) is 0 Å². The lowest BCUT2D eigenvalue weighted by Crippen LogP contribution is -2.44. The first-order chi connectivity index (χ1) is 14.1. The van der Waals surface area contributed by atoms with E-state index in [2.05, 4.69) is 4.98 Å². The summed E-state index contributed by atoms with van der Waals surface area (Å²) in [5, 5.41) is 22.6. The second-order valence-electron chi connectivity index (χ2n) is 6.70. The molecule has 0 spiro atoms. The number of hydrogen-bond acceptors (Lipinski definition) is 5. The van der Waals surface area contributed by atoms with Crippen molar-refractivity contribution < 1.29 is 19.7 Å². The molecule has 6 heteroatoms. The molecular weight excluding hydrogens is 386 g/mol. The summed E-state index contributed by atoms with van der Waals surface area (Å²) >= 11 is 1.12. The van der Waals surface area contributed by atoms with Gasteiger partial charge in [-0.3, -0.25) is 0 Å². The minimum atomic E-state index is -1.50. The standard InChI is InChI=1S/C23H15NO4S/c25-21(26)18-13-29-22(24-18)23(27)17-12-11-16(14-7-3-1-4-8-14)19(23)20(17)28-15-9-5-2-6-10-15/h1-13,27H,(H,25,26). The number of rotatable bonds is 5. The molecule has 1 atom stereocenters. The van der Waals surface area contributed by atoms with Gasteiger partial charge in [0, 0.05) is 16.5 Å². The summed E-state index contributed by atoms with van der Waals surface area (Å²) in [6.07, 6.45) is 3.76. The Morgan fingerprint density at radius 3 is 2.34 bits per heavy atom. The maximum Gasteiger partial charge on any atom is 0.355 e. The maximum atomic E-state index is 11.6. The fourth-order valence-corrected chi connectivity index (χ4v) is 4.54. The summed E-state index contributed by atoms with van der Waals surface area (Å²) in [4.78, 5) is 15.5. The summed E-state index contributed by atoms with van der Waals surface area (Å²) < 4.78 is 6.11. The maximum absolute atomic E-state index is 11.6. The number of aliphatic hydroxyl groups is 1. The van der Waals surface area contributed by atoms with Crippen LogP contribution in [0.5, 0.6) is 5.75 Å². The molecule has 1 heterocycles. The highest BCUT2D eigenvalue weighted by atomic mass is 32.1. The van der Waals surface area contributed by atoms with Crippen LogP contribution in [0.2, 0.25) is 0 Å². The zero-order chi connectivity index (χ0) is 20.0. The van der Waals surface area contributed by atoms with Gasteiger partial charge in [-0.2, -0.15) is 0 Å². The Bertz CT molecular complexity index is 1210. The van der Waals surface area contributed by atoms with Crippen LogP contribution < -0.4 is 4.74 Å². The van der Waals surface area contributed by atoms with Crippen LogP contribution >= 0.6 is 11.3 Å². The predicted octanol–water partition coefficient (Wildman–Crippen LogP) is 4.40. The minimum Gasteiger partial charge on any atom is -0.476 e. The molecule has 3 aromatic rings. The number of fused-ring (bicyclic) bond motifs is 2. The highest BCUT2D eigenvalue weighted by molar-refractivity contribution is 7.10. The van der Waals surface area contributed by atoms with E-state index in [0.29, 0.717) is 27.7 Å². The second kappa shape index (κ2) is 6.55. The number of carboxylic acids is 1. The molecule has 0 saturated carbocycles. The summed E-state index contributed by atoms with van der Waals surface area (Å²) in [5.41, 5.74) is 1.34. The highest BCUT2D eigenvalue weighted by Crippen LogP contribution is 2.59. The van der Waals surface area contributed by atoms with Crippen LogP contribution in [0.1, 0.15) is 21.1 Å². The minimum absolute atomic E-state index is 0.0830. The molecule has 29 heavy (non-hydrogen) atoms. The molecule has 0 saturated heterocycles. The molecule has 2 N–H and O–H groups in total. The van der Waals surface area contributed by atoms with E-state index in [4.69, 9.17) is 4.74 Å². The number of para-hydroxylation sites is 1. The van der Waals surface area contributed by atoms with Crippen molar-refractivity contribution >= 4 is 22.9 Å². The fourth-order valence-electron chi connectivity index (χ4n) is 3.63. The molecule has 2 aliphatic rings. The van der Waals surface area contributed by atoms with Gasteiger partial charge in [-0.15, -0.1) is 11.3 Å². The first-order valence-corrected chi connectivity index (χ1v) is 9.85. The topological polar surface area (TPSA) is 79.7 Å². The molecule has 5 nitrogen and oxygen atoms in total. The Balaban J connectivity index is 1.65. The van der Waals surface area contributed by atoms with E-state index in [-0.39, 0.29) is 5.69 Å². The quantitative estimate of drug-likeness (QED) is 0.662. The Morgan fingerprint density at radius 1 is 1.00 bits per heavy atom. The van der Waals surface area contributed by atoms with E-state index in [0.717, 1.165) is 22.5 Å². The van der Waals surface area contributed by atoms with Crippen molar-refractivity contribution in [3.05, 3.63) is 111 Å². The lowest BCUT2D eigenvalue weighted by atomic mass is 9.65. The van der Waals surface area contributed by atoms with Crippen molar-refractivity contribution in [2.75, 3.05) is 0 Å². The van der Waals surface area contributed by atoms with Gasteiger partial charge in [-0.05, 0) is 23.3 Å². The number of allylic oxidation sites excluding steroid dienone is 2. The lowest BCUT2D eigenvalue weighted by Gasteiger charge is -2.45. The highest BCUT2D eigenvalue weighted by Gasteiger charge is 2.56. The Hall–Kier alpha value is -3.48.